The van der Waals surface area contributed by atoms with E-state index in [1.165, 1.54) is 83.5 Å². The van der Waals surface area contributed by atoms with Crippen molar-refractivity contribution in [2.24, 2.45) is 0 Å². The molecular weight excluding hydrogens is 949 g/mol. The molecule has 1 aliphatic rings. The van der Waals surface area contributed by atoms with Crippen molar-refractivity contribution in [2.75, 3.05) is 13.2 Å². The van der Waals surface area contributed by atoms with Crippen LogP contribution in [0, 0.1) is 0 Å². The predicted octanol–water partition coefficient (Wildman–Crippen LogP) is 15.6. The van der Waals surface area contributed by atoms with Gasteiger partial charge in [-0.3, -0.25) is 14.4 Å². The Bertz CT molecular complexity index is 1540. The molecule has 0 amide bonds. The van der Waals surface area contributed by atoms with Gasteiger partial charge in [0.25, 0.3) is 0 Å². The van der Waals surface area contributed by atoms with Crippen LogP contribution < -0.4 is 0 Å². The Morgan fingerprint density at radius 3 is 1.33 bits per heavy atom. The van der Waals surface area contributed by atoms with Crippen molar-refractivity contribution in [3.63, 3.8) is 0 Å². The number of carbonyl (C=O) groups is 4. The zero-order valence-electron chi connectivity index (χ0n) is 47.5. The molecule has 0 aromatic carbocycles. The summed E-state index contributed by atoms with van der Waals surface area (Å²) in [5, 5.41) is 31.5. The Kier molecular flexibility index (Phi) is 47.4. The molecule has 0 saturated carbocycles. The van der Waals surface area contributed by atoms with Crippen molar-refractivity contribution in [1.29, 1.82) is 0 Å². The maximum atomic E-state index is 13.1. The molecule has 6 atom stereocenters. The van der Waals surface area contributed by atoms with E-state index in [4.69, 9.17) is 23.7 Å². The molecular formula is C63H108O12. The van der Waals surface area contributed by atoms with E-state index in [1.807, 2.05) is 0 Å². The van der Waals surface area contributed by atoms with E-state index in [1.54, 1.807) is 0 Å². The van der Waals surface area contributed by atoms with E-state index in [9.17, 15) is 34.5 Å². The first kappa shape index (κ1) is 69.4. The van der Waals surface area contributed by atoms with Crippen LogP contribution in [0.1, 0.15) is 265 Å². The summed E-state index contributed by atoms with van der Waals surface area (Å²) in [5.74, 6) is -3.15. The number of allylic oxidation sites excluding steroid dienone is 10. The highest BCUT2D eigenvalue weighted by molar-refractivity contribution is 5.74. The SMILES string of the molecule is CC/C=C\C/C=C\C/C=C\CCCCCCCC(=O)OC1C(OCC(COC(=O)CCCCCCCCCCCCCCCCCCC)OC(=O)CCCCCCC/C=C\C/C=C\CCC)OC(C(=O)O)C(O)C1O. The lowest BCUT2D eigenvalue weighted by Gasteiger charge is -2.40. The molecule has 1 fully saturated rings. The molecule has 12 nitrogen and oxygen atoms in total. The maximum absolute atomic E-state index is 13.1. The maximum Gasteiger partial charge on any atom is 0.335 e. The lowest BCUT2D eigenvalue weighted by Crippen LogP contribution is -2.61. The fourth-order valence-corrected chi connectivity index (χ4v) is 8.95. The smallest absolute Gasteiger partial charge is 0.335 e. The number of carboxylic acids is 1. The fourth-order valence-electron chi connectivity index (χ4n) is 8.95. The summed E-state index contributed by atoms with van der Waals surface area (Å²) in [4.78, 5) is 51.1. The van der Waals surface area contributed by atoms with Crippen molar-refractivity contribution in [3.8, 4) is 0 Å². The molecule has 0 bridgehead atoms. The van der Waals surface area contributed by atoms with Crippen LogP contribution in [0.2, 0.25) is 0 Å². The lowest BCUT2D eigenvalue weighted by atomic mass is 9.98. The molecule has 0 aromatic heterocycles. The second-order valence-electron chi connectivity index (χ2n) is 20.6. The molecule has 1 rings (SSSR count). The van der Waals surface area contributed by atoms with Gasteiger partial charge in [0.15, 0.2) is 24.6 Å². The average molecular weight is 1060 g/mol. The van der Waals surface area contributed by atoms with E-state index in [0.29, 0.717) is 19.3 Å². The summed E-state index contributed by atoms with van der Waals surface area (Å²) in [6, 6.07) is 0. The molecule has 12 heteroatoms. The fraction of sp³-hybridized carbons (Fsp3) is 0.778. The van der Waals surface area contributed by atoms with Crippen LogP contribution in [0.25, 0.3) is 0 Å². The largest absolute Gasteiger partial charge is 0.479 e. The number of hydrogen-bond acceptors (Lipinski definition) is 11. The highest BCUT2D eigenvalue weighted by Gasteiger charge is 2.50. The summed E-state index contributed by atoms with van der Waals surface area (Å²) in [6.45, 7) is 5.82. The number of esters is 3. The lowest BCUT2D eigenvalue weighted by molar-refractivity contribution is -0.301. The third kappa shape index (κ3) is 41.2. The number of aliphatic hydroxyl groups excluding tert-OH is 2. The first-order chi connectivity index (χ1) is 36.6. The monoisotopic (exact) mass is 1060 g/mol. The number of hydrogen-bond donors (Lipinski definition) is 3. The Balaban J connectivity index is 2.68. The third-order valence-electron chi connectivity index (χ3n) is 13.6. The first-order valence-corrected chi connectivity index (χ1v) is 30.3. The van der Waals surface area contributed by atoms with Gasteiger partial charge >= 0.3 is 23.9 Å². The molecule has 432 valence electrons. The summed E-state index contributed by atoms with van der Waals surface area (Å²) in [5.41, 5.74) is 0. The molecule has 6 unspecified atom stereocenters. The van der Waals surface area contributed by atoms with Gasteiger partial charge in [-0.1, -0.05) is 229 Å². The molecule has 0 aromatic rings. The van der Waals surface area contributed by atoms with Gasteiger partial charge in [0.2, 0.25) is 0 Å². The summed E-state index contributed by atoms with van der Waals surface area (Å²) in [6.07, 6.45) is 50.5. The van der Waals surface area contributed by atoms with Gasteiger partial charge in [-0.2, -0.15) is 0 Å². The Morgan fingerprint density at radius 1 is 0.453 bits per heavy atom. The van der Waals surface area contributed by atoms with Crippen LogP contribution >= 0.6 is 0 Å². The highest BCUT2D eigenvalue weighted by atomic mass is 16.7. The number of ether oxygens (including phenoxy) is 5. The molecule has 1 aliphatic heterocycles. The van der Waals surface area contributed by atoms with E-state index in [0.717, 1.165) is 122 Å². The van der Waals surface area contributed by atoms with Gasteiger partial charge in [-0.25, -0.2) is 4.79 Å². The molecule has 0 spiro atoms. The summed E-state index contributed by atoms with van der Waals surface area (Å²) >= 11 is 0. The van der Waals surface area contributed by atoms with E-state index in [-0.39, 0.29) is 25.9 Å². The summed E-state index contributed by atoms with van der Waals surface area (Å²) < 4.78 is 28.4. The number of rotatable bonds is 51. The highest BCUT2D eigenvalue weighted by Crippen LogP contribution is 2.26. The van der Waals surface area contributed by atoms with Crippen LogP contribution in [0.3, 0.4) is 0 Å². The minimum atomic E-state index is -1.91. The molecule has 75 heavy (non-hydrogen) atoms. The minimum Gasteiger partial charge on any atom is -0.479 e. The molecule has 1 saturated heterocycles. The molecule has 0 radical (unpaired) electrons. The first-order valence-electron chi connectivity index (χ1n) is 30.3. The number of aliphatic hydroxyl groups is 2. The van der Waals surface area contributed by atoms with Gasteiger partial charge in [-0.05, 0) is 77.0 Å². The van der Waals surface area contributed by atoms with Crippen molar-refractivity contribution in [2.45, 2.75) is 302 Å². The van der Waals surface area contributed by atoms with E-state index < -0.39 is 67.3 Å². The van der Waals surface area contributed by atoms with Gasteiger partial charge in [0, 0.05) is 19.3 Å². The number of carboxylic acid groups (broad SMARTS) is 1. The van der Waals surface area contributed by atoms with Crippen LogP contribution in [0.5, 0.6) is 0 Å². The van der Waals surface area contributed by atoms with E-state index >= 15 is 0 Å². The third-order valence-corrected chi connectivity index (χ3v) is 13.6. The van der Waals surface area contributed by atoms with Crippen LogP contribution in [0.4, 0.5) is 0 Å². The van der Waals surface area contributed by atoms with Crippen molar-refractivity contribution < 1.29 is 58.2 Å². The zero-order valence-corrected chi connectivity index (χ0v) is 47.5. The second-order valence-corrected chi connectivity index (χ2v) is 20.6. The zero-order chi connectivity index (χ0) is 54.7. The normalized spacial score (nSPS) is 18.5. The van der Waals surface area contributed by atoms with Crippen molar-refractivity contribution in [3.05, 3.63) is 60.8 Å². The molecule has 1 heterocycles. The quantitative estimate of drug-likeness (QED) is 0.0228. The minimum absolute atomic E-state index is 0.0394. The van der Waals surface area contributed by atoms with Crippen LogP contribution in [-0.4, -0.2) is 89.2 Å². The standard InChI is InChI=1S/C63H108O12/c1-4-7-10-13-16-19-22-25-27-28-30-32-34-37-40-43-46-49-55(64)71-52-54(73-56(65)50-47-44-41-38-35-31-24-21-18-15-12-9-6-3)53-72-63-61(59(68)58(67)60(75-63)62(69)70)74-57(66)51-48-45-42-39-36-33-29-26-23-20-17-14-11-8-5-2/h8,11-12,15,17,20-21,24,26,29,54,58-61,63,67-68H,4-7,9-10,13-14,16,18-19,22-23,25,27-28,30-53H2,1-3H3,(H,69,70)/b11-8-,15-12-,20-17-,24-21-,29-26-. The van der Waals surface area contributed by atoms with Crippen molar-refractivity contribution >= 4 is 23.9 Å². The number of aliphatic carboxylic acids is 1. The van der Waals surface area contributed by atoms with Gasteiger partial charge in [-0.15, -0.1) is 0 Å². The second kappa shape index (κ2) is 51.2. The van der Waals surface area contributed by atoms with Gasteiger partial charge in [0.05, 0.1) is 6.61 Å². The molecule has 3 N–H and O–H groups in total. The topological polar surface area (TPSA) is 175 Å². The van der Waals surface area contributed by atoms with Gasteiger partial charge in [0.1, 0.15) is 18.8 Å². The summed E-state index contributed by atoms with van der Waals surface area (Å²) in [7, 11) is 0. The van der Waals surface area contributed by atoms with Crippen LogP contribution in [-0.2, 0) is 42.9 Å². The average Bonchev–Trinajstić information content (AvgIpc) is 3.39. The predicted molar refractivity (Wildman–Crippen MR) is 303 cm³/mol. The number of carbonyl (C=O) groups excluding carboxylic acids is 3. The Morgan fingerprint density at radius 2 is 0.867 bits per heavy atom. The Labute approximate surface area is 456 Å². The number of unbranched alkanes of at least 4 members (excludes halogenated alkanes) is 27. The van der Waals surface area contributed by atoms with Crippen LogP contribution in [0.15, 0.2) is 60.8 Å². The van der Waals surface area contributed by atoms with Crippen molar-refractivity contribution in [1.82, 2.24) is 0 Å². The van der Waals surface area contributed by atoms with E-state index in [2.05, 4.69) is 81.5 Å². The molecule has 0 aliphatic carbocycles. The van der Waals surface area contributed by atoms with Gasteiger partial charge < -0.3 is 39.0 Å². The Hall–Kier alpha value is -3.58.